The number of aromatic nitrogens is 2. The van der Waals surface area contributed by atoms with Gasteiger partial charge in [-0.3, -0.25) is 0 Å². The molecule has 0 aliphatic heterocycles. The monoisotopic (exact) mass is 367 g/mol. The maximum Gasteiger partial charge on any atom is 0.137 e. The van der Waals surface area contributed by atoms with Gasteiger partial charge in [-0.2, -0.15) is 0 Å². The first kappa shape index (κ1) is 11.9. The summed E-state index contributed by atoms with van der Waals surface area (Å²) >= 11 is 2.34. The minimum absolute atomic E-state index is 0.959. The number of hydrogen-bond donors (Lipinski definition) is 0. The summed E-state index contributed by atoms with van der Waals surface area (Å²) in [6.45, 7) is 0. The van der Waals surface area contributed by atoms with E-state index in [0.29, 0.717) is 0 Å². The Labute approximate surface area is 130 Å². The number of benzene rings is 2. The Hall–Kier alpha value is -1.88. The molecule has 0 saturated carbocycles. The van der Waals surface area contributed by atoms with Gasteiger partial charge in [-0.05, 0) is 63.7 Å². The van der Waals surface area contributed by atoms with Gasteiger partial charge in [-0.25, -0.2) is 4.98 Å². The van der Waals surface area contributed by atoms with Crippen LogP contribution >= 0.6 is 22.6 Å². The first-order valence-corrected chi connectivity index (χ1v) is 7.51. The standard InChI is InChI=1S/C17H11IN2/c18-15-6-5-13-11-19-17(10-14(13)9-15)20-8-7-12-3-1-2-4-16(12)20/h1-11H/i18-3. The van der Waals surface area contributed by atoms with Crippen molar-refractivity contribution in [1.82, 2.24) is 9.55 Å². The van der Waals surface area contributed by atoms with Gasteiger partial charge in [0.1, 0.15) is 5.82 Å². The van der Waals surface area contributed by atoms with Gasteiger partial charge in [0.05, 0.1) is 5.52 Å². The van der Waals surface area contributed by atoms with Crippen LogP contribution in [-0.4, -0.2) is 9.55 Å². The number of rotatable bonds is 1. The third-order valence-electron chi connectivity index (χ3n) is 3.52. The van der Waals surface area contributed by atoms with Crippen LogP contribution in [-0.2, 0) is 0 Å². The fourth-order valence-corrected chi connectivity index (χ4v) is 3.03. The van der Waals surface area contributed by atoms with Crippen molar-refractivity contribution in [2.75, 3.05) is 0 Å². The highest BCUT2D eigenvalue weighted by Crippen LogP contribution is 2.23. The fourth-order valence-electron chi connectivity index (χ4n) is 2.51. The maximum absolute atomic E-state index is 4.59. The highest BCUT2D eigenvalue weighted by molar-refractivity contribution is 14.1. The minimum atomic E-state index is 0.959. The lowest BCUT2D eigenvalue weighted by Gasteiger charge is -2.06. The Morgan fingerprint density at radius 2 is 1.75 bits per heavy atom. The second-order valence-corrected chi connectivity index (χ2v) is 6.02. The molecule has 0 atom stereocenters. The van der Waals surface area contributed by atoms with Crippen LogP contribution in [0.5, 0.6) is 0 Å². The molecule has 2 aromatic heterocycles. The van der Waals surface area contributed by atoms with E-state index in [1.54, 1.807) is 0 Å². The van der Waals surface area contributed by atoms with Crippen LogP contribution in [0.15, 0.2) is 67.0 Å². The predicted molar refractivity (Wildman–Crippen MR) is 91.3 cm³/mol. The Morgan fingerprint density at radius 3 is 2.70 bits per heavy atom. The van der Waals surface area contributed by atoms with Gasteiger partial charge in [0.2, 0.25) is 0 Å². The van der Waals surface area contributed by atoms with Gasteiger partial charge in [0.15, 0.2) is 0 Å². The Balaban J connectivity index is 1.97. The normalized spacial score (nSPS) is 11.2. The summed E-state index contributed by atoms with van der Waals surface area (Å²) in [7, 11) is 0. The zero-order valence-corrected chi connectivity index (χ0v) is 12.8. The molecule has 0 aliphatic rings. The average Bonchev–Trinajstić information content (AvgIpc) is 2.90. The van der Waals surface area contributed by atoms with E-state index in [2.05, 4.69) is 92.9 Å². The van der Waals surface area contributed by atoms with Crippen molar-refractivity contribution in [2.45, 2.75) is 0 Å². The van der Waals surface area contributed by atoms with Crippen LogP contribution in [0, 0.1) is 3.57 Å². The van der Waals surface area contributed by atoms with E-state index in [0.717, 1.165) is 5.82 Å². The molecule has 0 amide bonds. The van der Waals surface area contributed by atoms with Crippen LogP contribution < -0.4 is 0 Å². The molecule has 0 radical (unpaired) electrons. The van der Waals surface area contributed by atoms with Crippen LogP contribution in [0.1, 0.15) is 0 Å². The summed E-state index contributed by atoms with van der Waals surface area (Å²) in [6, 6.07) is 19.0. The van der Waals surface area contributed by atoms with Crippen LogP contribution in [0.4, 0.5) is 0 Å². The molecule has 0 fully saturated rings. The van der Waals surface area contributed by atoms with E-state index in [1.165, 1.54) is 25.2 Å². The largest absolute Gasteiger partial charge is 0.301 e. The Morgan fingerprint density at radius 1 is 0.850 bits per heavy atom. The molecule has 2 heterocycles. The predicted octanol–water partition coefficient (Wildman–Crippen LogP) is 4.78. The van der Waals surface area contributed by atoms with Crippen molar-refractivity contribution in [3.8, 4) is 5.82 Å². The van der Waals surface area contributed by atoms with Crippen molar-refractivity contribution in [3.05, 3.63) is 70.6 Å². The van der Waals surface area contributed by atoms with Crippen LogP contribution in [0.25, 0.3) is 27.5 Å². The number of pyridine rings is 1. The molecule has 0 N–H and O–H groups in total. The highest BCUT2D eigenvalue weighted by atomic mass is 124. The Bertz CT molecular complexity index is 924. The quantitative estimate of drug-likeness (QED) is 0.443. The van der Waals surface area contributed by atoms with Crippen molar-refractivity contribution in [2.24, 2.45) is 0 Å². The summed E-state index contributed by atoms with van der Waals surface area (Å²) in [4.78, 5) is 4.59. The molecular formula is C17H11IN2. The molecule has 4 rings (SSSR count). The van der Waals surface area contributed by atoms with E-state index in [4.69, 9.17) is 0 Å². The van der Waals surface area contributed by atoms with E-state index in [9.17, 15) is 0 Å². The summed E-state index contributed by atoms with van der Waals surface area (Å²) in [5, 5.41) is 3.63. The van der Waals surface area contributed by atoms with Gasteiger partial charge in [0.25, 0.3) is 0 Å². The lowest BCUT2D eigenvalue weighted by Crippen LogP contribution is -1.95. The summed E-state index contributed by atoms with van der Waals surface area (Å²) in [5.74, 6) is 0.959. The molecule has 2 nitrogen and oxygen atoms in total. The lowest BCUT2D eigenvalue weighted by molar-refractivity contribution is 1.05. The van der Waals surface area contributed by atoms with Gasteiger partial charge in [-0.1, -0.05) is 24.3 Å². The van der Waals surface area contributed by atoms with Crippen LogP contribution in [0.2, 0.25) is 0 Å². The molecule has 3 heteroatoms. The first-order valence-electron chi connectivity index (χ1n) is 6.43. The minimum Gasteiger partial charge on any atom is -0.301 e. The van der Waals surface area contributed by atoms with Crippen LogP contribution in [0.3, 0.4) is 0 Å². The fraction of sp³-hybridized carbons (Fsp3) is 0. The molecule has 96 valence electrons. The van der Waals surface area contributed by atoms with E-state index >= 15 is 0 Å². The summed E-state index contributed by atoms with van der Waals surface area (Å²) in [6.07, 6.45) is 4.02. The maximum atomic E-state index is 4.59. The lowest BCUT2D eigenvalue weighted by atomic mass is 10.2. The zero-order chi connectivity index (χ0) is 13.5. The van der Waals surface area contributed by atoms with Crippen molar-refractivity contribution < 1.29 is 0 Å². The molecule has 20 heavy (non-hydrogen) atoms. The molecule has 0 unspecified atom stereocenters. The number of halogens is 1. The molecule has 0 saturated heterocycles. The molecule has 0 bridgehead atoms. The second kappa shape index (κ2) is 4.59. The van der Waals surface area contributed by atoms with Crippen molar-refractivity contribution >= 4 is 44.3 Å². The van der Waals surface area contributed by atoms with E-state index in [1.807, 2.05) is 6.20 Å². The smallest absolute Gasteiger partial charge is 0.137 e. The topological polar surface area (TPSA) is 17.8 Å². The third kappa shape index (κ3) is 1.89. The Kier molecular flexibility index (Phi) is 2.73. The first-order chi connectivity index (χ1) is 9.81. The van der Waals surface area contributed by atoms with Gasteiger partial charge in [-0.15, -0.1) is 0 Å². The number of hydrogen-bond acceptors (Lipinski definition) is 1. The summed E-state index contributed by atoms with van der Waals surface area (Å²) in [5.41, 5.74) is 1.19. The molecule has 4 aromatic rings. The molecular weight excluding hydrogens is 356 g/mol. The van der Waals surface area contributed by atoms with E-state index in [-0.39, 0.29) is 0 Å². The van der Waals surface area contributed by atoms with Crippen molar-refractivity contribution in [3.63, 3.8) is 0 Å². The second-order valence-electron chi connectivity index (χ2n) is 4.78. The molecule has 0 aliphatic carbocycles. The number of para-hydroxylation sites is 1. The average molecular weight is 367 g/mol. The SMILES string of the molecule is [124I]c1ccc2cnc(-n3ccc4ccccc43)cc2c1. The molecule has 2 aromatic carbocycles. The van der Waals surface area contributed by atoms with Gasteiger partial charge in [0, 0.05) is 21.4 Å². The van der Waals surface area contributed by atoms with Crippen molar-refractivity contribution in [1.29, 1.82) is 0 Å². The zero-order valence-electron chi connectivity index (χ0n) is 10.6. The van der Waals surface area contributed by atoms with Gasteiger partial charge < -0.3 is 4.57 Å². The van der Waals surface area contributed by atoms with Gasteiger partial charge >= 0.3 is 0 Å². The number of nitrogens with zero attached hydrogens (tertiary/aromatic N) is 2. The van der Waals surface area contributed by atoms with E-state index < -0.39 is 0 Å². The highest BCUT2D eigenvalue weighted by Gasteiger charge is 2.05. The third-order valence-corrected chi connectivity index (χ3v) is 4.19. The molecule has 0 spiro atoms. The number of fused-ring (bicyclic) bond motifs is 2. The summed E-state index contributed by atoms with van der Waals surface area (Å²) < 4.78 is 3.37.